The number of nitriles is 1. The third kappa shape index (κ3) is 3.99. The molecule has 2 rings (SSSR count). The van der Waals surface area contributed by atoms with E-state index < -0.39 is 0 Å². The van der Waals surface area contributed by atoms with E-state index in [1.165, 1.54) is 11.8 Å². The maximum atomic E-state index is 12.2. The average Bonchev–Trinajstić information content (AvgIpc) is 2.88. The molecule has 20 heavy (non-hydrogen) atoms. The minimum absolute atomic E-state index is 0.104. The van der Waals surface area contributed by atoms with Gasteiger partial charge in [0.15, 0.2) is 0 Å². The summed E-state index contributed by atoms with van der Waals surface area (Å²) in [6.07, 6.45) is 2.35. The van der Waals surface area contributed by atoms with Crippen molar-refractivity contribution in [2.45, 2.75) is 30.3 Å². The van der Waals surface area contributed by atoms with Crippen LogP contribution in [0.15, 0.2) is 29.2 Å². The Morgan fingerprint density at radius 2 is 2.25 bits per heavy atom. The van der Waals surface area contributed by atoms with Gasteiger partial charge < -0.3 is 10.4 Å². The van der Waals surface area contributed by atoms with Gasteiger partial charge in [-0.25, -0.2) is 0 Å². The number of hydrogen-bond acceptors (Lipinski definition) is 4. The minimum Gasteiger partial charge on any atom is -0.393 e. The molecule has 1 aliphatic carbocycles. The molecule has 0 saturated heterocycles. The number of carbonyl (C=O) groups is 1. The van der Waals surface area contributed by atoms with E-state index in [-0.39, 0.29) is 12.0 Å². The molecule has 0 radical (unpaired) electrons. The molecular weight excluding hydrogens is 272 g/mol. The van der Waals surface area contributed by atoms with Crippen LogP contribution in [0.5, 0.6) is 0 Å². The lowest BCUT2D eigenvalue weighted by molar-refractivity contribution is 0.0942. The molecule has 2 N–H and O–H groups in total. The molecular formula is C15H18N2O2S. The van der Waals surface area contributed by atoms with E-state index in [1.54, 1.807) is 6.07 Å². The number of hydrogen-bond donors (Lipinski definition) is 2. The highest BCUT2D eigenvalue weighted by atomic mass is 32.2. The van der Waals surface area contributed by atoms with Crippen molar-refractivity contribution >= 4 is 17.7 Å². The van der Waals surface area contributed by atoms with E-state index in [2.05, 4.69) is 11.4 Å². The lowest BCUT2D eigenvalue weighted by atomic mass is 10.1. The highest BCUT2D eigenvalue weighted by Crippen LogP contribution is 2.25. The molecule has 106 valence electrons. The summed E-state index contributed by atoms with van der Waals surface area (Å²) in [7, 11) is 0. The Hall–Kier alpha value is -1.51. The van der Waals surface area contributed by atoms with Gasteiger partial charge in [0.2, 0.25) is 0 Å². The van der Waals surface area contributed by atoms with Crippen LogP contribution in [0.4, 0.5) is 0 Å². The molecule has 0 aliphatic heterocycles. The molecule has 2 atom stereocenters. The van der Waals surface area contributed by atoms with Crippen LogP contribution in [0, 0.1) is 17.2 Å². The van der Waals surface area contributed by atoms with E-state index in [1.807, 2.05) is 18.2 Å². The van der Waals surface area contributed by atoms with Gasteiger partial charge in [0.1, 0.15) is 0 Å². The van der Waals surface area contributed by atoms with Crippen molar-refractivity contribution in [3.8, 4) is 6.07 Å². The molecule has 1 aliphatic rings. The van der Waals surface area contributed by atoms with Crippen molar-refractivity contribution < 1.29 is 9.90 Å². The van der Waals surface area contributed by atoms with Gasteiger partial charge in [-0.3, -0.25) is 4.79 Å². The normalized spacial score (nSPS) is 21.4. The fraction of sp³-hybridized carbons (Fsp3) is 0.467. The van der Waals surface area contributed by atoms with Gasteiger partial charge in [0.05, 0.1) is 23.5 Å². The summed E-state index contributed by atoms with van der Waals surface area (Å²) in [6, 6.07) is 9.39. The van der Waals surface area contributed by atoms with Gasteiger partial charge in [-0.2, -0.15) is 5.26 Å². The molecule has 0 spiro atoms. The number of nitrogens with one attached hydrogen (secondary N) is 1. The monoisotopic (exact) mass is 290 g/mol. The number of benzene rings is 1. The van der Waals surface area contributed by atoms with Crippen molar-refractivity contribution in [2.24, 2.45) is 5.92 Å². The lowest BCUT2D eigenvalue weighted by Gasteiger charge is -2.12. The largest absolute Gasteiger partial charge is 0.393 e. The molecule has 2 unspecified atom stereocenters. The second-order valence-corrected chi connectivity index (χ2v) is 6.00. The first kappa shape index (κ1) is 14.9. The van der Waals surface area contributed by atoms with E-state index in [0.717, 1.165) is 24.2 Å². The number of aliphatic hydroxyl groups is 1. The Bertz CT molecular complexity index is 513. The number of rotatable bonds is 5. The molecule has 0 heterocycles. The number of carbonyl (C=O) groups excluding carboxylic acids is 1. The van der Waals surface area contributed by atoms with Crippen LogP contribution < -0.4 is 5.32 Å². The zero-order valence-electron chi connectivity index (χ0n) is 11.2. The van der Waals surface area contributed by atoms with Gasteiger partial charge in [0, 0.05) is 11.4 Å². The molecule has 5 heteroatoms. The van der Waals surface area contributed by atoms with Gasteiger partial charge in [-0.15, -0.1) is 11.8 Å². The quantitative estimate of drug-likeness (QED) is 0.815. The highest BCUT2D eigenvalue weighted by Gasteiger charge is 2.23. The maximum absolute atomic E-state index is 12.2. The van der Waals surface area contributed by atoms with Crippen LogP contribution in [-0.4, -0.2) is 29.4 Å². The third-order valence-electron chi connectivity index (χ3n) is 3.49. The summed E-state index contributed by atoms with van der Waals surface area (Å²) in [5.74, 6) is 0.597. The standard InChI is InChI=1S/C15H18N2O2S/c16-7-8-20-14-4-2-1-3-13(14)15(19)17-10-11-5-6-12(18)9-11/h1-4,11-12,18H,5-6,8-10H2,(H,17,19). The predicted molar refractivity (Wildman–Crippen MR) is 78.5 cm³/mol. The van der Waals surface area contributed by atoms with Crippen LogP contribution in [-0.2, 0) is 0 Å². The van der Waals surface area contributed by atoms with Crippen molar-refractivity contribution in [1.82, 2.24) is 5.32 Å². The Balaban J connectivity index is 1.93. The van der Waals surface area contributed by atoms with Crippen molar-refractivity contribution in [3.63, 3.8) is 0 Å². The van der Waals surface area contributed by atoms with Crippen molar-refractivity contribution in [3.05, 3.63) is 29.8 Å². The predicted octanol–water partition coefficient (Wildman–Crippen LogP) is 2.19. The van der Waals surface area contributed by atoms with Crippen LogP contribution in [0.1, 0.15) is 29.6 Å². The van der Waals surface area contributed by atoms with Gasteiger partial charge in [-0.05, 0) is 37.3 Å². The van der Waals surface area contributed by atoms with Gasteiger partial charge in [-0.1, -0.05) is 12.1 Å². The van der Waals surface area contributed by atoms with E-state index in [0.29, 0.717) is 23.8 Å². The summed E-state index contributed by atoms with van der Waals surface area (Å²) < 4.78 is 0. The van der Waals surface area contributed by atoms with Crippen molar-refractivity contribution in [1.29, 1.82) is 5.26 Å². The smallest absolute Gasteiger partial charge is 0.252 e. The minimum atomic E-state index is -0.213. The number of amides is 1. The van der Waals surface area contributed by atoms with Gasteiger partial charge >= 0.3 is 0 Å². The SMILES string of the molecule is N#CCSc1ccccc1C(=O)NCC1CCC(O)C1. The second-order valence-electron chi connectivity index (χ2n) is 4.99. The Morgan fingerprint density at radius 3 is 2.95 bits per heavy atom. The molecule has 1 aromatic rings. The summed E-state index contributed by atoms with van der Waals surface area (Å²) >= 11 is 1.37. The first-order chi connectivity index (χ1) is 9.70. The zero-order valence-corrected chi connectivity index (χ0v) is 12.0. The van der Waals surface area contributed by atoms with E-state index in [4.69, 9.17) is 5.26 Å². The average molecular weight is 290 g/mol. The molecule has 0 aromatic heterocycles. The van der Waals surface area contributed by atoms with Crippen LogP contribution in [0.25, 0.3) is 0 Å². The molecule has 1 amide bonds. The van der Waals surface area contributed by atoms with Crippen molar-refractivity contribution in [2.75, 3.05) is 12.3 Å². The lowest BCUT2D eigenvalue weighted by Crippen LogP contribution is -2.29. The fourth-order valence-corrected chi connectivity index (χ4v) is 3.17. The van der Waals surface area contributed by atoms with E-state index in [9.17, 15) is 9.90 Å². The Morgan fingerprint density at radius 1 is 1.45 bits per heavy atom. The Kier molecular flexibility index (Phi) is 5.45. The summed E-state index contributed by atoms with van der Waals surface area (Å²) in [4.78, 5) is 13.0. The molecule has 4 nitrogen and oxygen atoms in total. The topological polar surface area (TPSA) is 73.1 Å². The number of aliphatic hydroxyl groups excluding tert-OH is 1. The van der Waals surface area contributed by atoms with Crippen LogP contribution in [0.2, 0.25) is 0 Å². The zero-order chi connectivity index (χ0) is 14.4. The first-order valence-electron chi connectivity index (χ1n) is 6.75. The summed E-state index contributed by atoms with van der Waals surface area (Å²) in [6.45, 7) is 0.604. The fourth-order valence-electron chi connectivity index (χ4n) is 2.46. The summed E-state index contributed by atoms with van der Waals surface area (Å²) in [5, 5.41) is 21.0. The molecule has 0 bridgehead atoms. The molecule has 1 fully saturated rings. The summed E-state index contributed by atoms with van der Waals surface area (Å²) in [5.41, 5.74) is 0.617. The molecule has 1 saturated carbocycles. The second kappa shape index (κ2) is 7.32. The van der Waals surface area contributed by atoms with E-state index >= 15 is 0 Å². The maximum Gasteiger partial charge on any atom is 0.252 e. The Labute approximate surface area is 123 Å². The van der Waals surface area contributed by atoms with Crippen LogP contribution in [0.3, 0.4) is 0 Å². The molecule has 1 aromatic carbocycles. The highest BCUT2D eigenvalue weighted by molar-refractivity contribution is 7.99. The number of thioether (sulfide) groups is 1. The first-order valence-corrected chi connectivity index (χ1v) is 7.74. The van der Waals surface area contributed by atoms with Gasteiger partial charge in [0.25, 0.3) is 5.91 Å². The van der Waals surface area contributed by atoms with Crippen LogP contribution >= 0.6 is 11.8 Å². The number of nitrogens with zero attached hydrogens (tertiary/aromatic N) is 1. The third-order valence-corrected chi connectivity index (χ3v) is 4.43.